The van der Waals surface area contributed by atoms with Gasteiger partial charge in [0.15, 0.2) is 0 Å². The van der Waals surface area contributed by atoms with Gasteiger partial charge in [0.1, 0.15) is 6.54 Å². The molecule has 0 radical (unpaired) electrons. The maximum atomic E-state index is 12.1. The van der Waals surface area contributed by atoms with Crippen molar-refractivity contribution in [2.24, 2.45) is 0 Å². The molecule has 2 N–H and O–H groups in total. The molecule has 1 unspecified atom stereocenters. The Hall–Kier alpha value is -1.14. The largest absolute Gasteiger partial charge is 0.468 e. The van der Waals surface area contributed by atoms with Crippen LogP contribution in [0.15, 0.2) is 0 Å². The second kappa shape index (κ2) is 6.86. The van der Waals surface area contributed by atoms with Crippen LogP contribution >= 0.6 is 0 Å². The van der Waals surface area contributed by atoms with Gasteiger partial charge in [-0.1, -0.05) is 0 Å². The van der Waals surface area contributed by atoms with E-state index in [1.807, 2.05) is 0 Å². The Morgan fingerprint density at radius 2 is 2.05 bits per heavy atom. The van der Waals surface area contributed by atoms with E-state index in [9.17, 15) is 9.59 Å². The van der Waals surface area contributed by atoms with E-state index in [1.165, 1.54) is 7.11 Å². The van der Waals surface area contributed by atoms with Crippen molar-refractivity contribution in [3.05, 3.63) is 0 Å². The number of rotatable bonds is 4. The molecule has 2 heterocycles. The van der Waals surface area contributed by atoms with Crippen molar-refractivity contribution in [1.29, 1.82) is 0 Å². The number of carbonyl (C=O) groups is 2. The average Bonchev–Trinajstić information content (AvgIpc) is 2.94. The van der Waals surface area contributed by atoms with E-state index in [0.29, 0.717) is 6.04 Å². The van der Waals surface area contributed by atoms with E-state index in [2.05, 4.69) is 20.3 Å². The quantitative estimate of drug-likeness (QED) is 0.673. The molecule has 19 heavy (non-hydrogen) atoms. The maximum absolute atomic E-state index is 12.1. The summed E-state index contributed by atoms with van der Waals surface area (Å²) in [6.45, 7) is 3.00. The summed E-state index contributed by atoms with van der Waals surface area (Å²) in [5.74, 6) is -0.443. The van der Waals surface area contributed by atoms with Gasteiger partial charge in [-0.05, 0) is 45.3 Å². The molecular formula is C13H23N3O3. The summed E-state index contributed by atoms with van der Waals surface area (Å²) in [5.41, 5.74) is 0. The number of likely N-dealkylation sites (tertiary alicyclic amines) is 1. The Kier molecular flexibility index (Phi) is 5.15. The molecule has 2 fully saturated rings. The molecular weight excluding hydrogens is 246 g/mol. The Balaban J connectivity index is 1.86. The summed E-state index contributed by atoms with van der Waals surface area (Å²) < 4.78 is 4.53. The van der Waals surface area contributed by atoms with Crippen LogP contribution in [0, 0.1) is 0 Å². The number of carbonyl (C=O) groups excluding carboxylic acids is 2. The molecule has 108 valence electrons. The van der Waals surface area contributed by atoms with Gasteiger partial charge in [0.2, 0.25) is 5.91 Å². The third-order valence-corrected chi connectivity index (χ3v) is 4.01. The van der Waals surface area contributed by atoms with Gasteiger partial charge in [0, 0.05) is 6.04 Å². The lowest BCUT2D eigenvalue weighted by molar-refractivity contribution is -0.141. The van der Waals surface area contributed by atoms with Gasteiger partial charge < -0.3 is 15.4 Å². The third-order valence-electron chi connectivity index (χ3n) is 4.01. The normalized spacial score (nSPS) is 25.2. The van der Waals surface area contributed by atoms with E-state index in [4.69, 9.17) is 0 Å². The standard InChI is InChI=1S/C13H23N3O3/c1-19-12(17)9-15-13(18)11-3-2-8-16(11)10-4-6-14-7-5-10/h10-11,14H,2-9H2,1H3,(H,15,18). The van der Waals surface area contributed by atoms with Gasteiger partial charge >= 0.3 is 5.97 Å². The number of methoxy groups -OCH3 is 1. The van der Waals surface area contributed by atoms with Crippen LogP contribution in [-0.4, -0.2) is 62.1 Å². The summed E-state index contributed by atoms with van der Waals surface area (Å²) in [6, 6.07) is 0.422. The first-order valence-corrected chi connectivity index (χ1v) is 7.03. The molecule has 0 aromatic rings. The van der Waals surface area contributed by atoms with Crippen molar-refractivity contribution in [2.75, 3.05) is 33.3 Å². The van der Waals surface area contributed by atoms with Gasteiger partial charge in [-0.25, -0.2) is 0 Å². The monoisotopic (exact) mass is 269 g/mol. The van der Waals surface area contributed by atoms with Crippen LogP contribution in [-0.2, 0) is 14.3 Å². The van der Waals surface area contributed by atoms with Crippen LogP contribution in [0.2, 0.25) is 0 Å². The van der Waals surface area contributed by atoms with E-state index in [0.717, 1.165) is 45.3 Å². The lowest BCUT2D eigenvalue weighted by Crippen LogP contribution is -2.51. The summed E-state index contributed by atoms with van der Waals surface area (Å²) in [4.78, 5) is 25.5. The van der Waals surface area contributed by atoms with Crippen molar-refractivity contribution in [3.8, 4) is 0 Å². The van der Waals surface area contributed by atoms with E-state index in [1.54, 1.807) is 0 Å². The fourth-order valence-corrected chi connectivity index (χ4v) is 3.00. The molecule has 0 aromatic carbocycles. The zero-order valence-corrected chi connectivity index (χ0v) is 11.5. The molecule has 0 spiro atoms. The number of esters is 1. The molecule has 0 aliphatic carbocycles. The van der Waals surface area contributed by atoms with E-state index < -0.39 is 5.97 Å². The third kappa shape index (κ3) is 3.67. The minimum Gasteiger partial charge on any atom is -0.468 e. The zero-order chi connectivity index (χ0) is 13.7. The predicted octanol–water partition coefficient (Wildman–Crippen LogP) is -0.508. The van der Waals surface area contributed by atoms with Crippen molar-refractivity contribution >= 4 is 11.9 Å². The second-order valence-electron chi connectivity index (χ2n) is 5.17. The van der Waals surface area contributed by atoms with Gasteiger partial charge in [0.05, 0.1) is 13.2 Å². The number of nitrogens with one attached hydrogen (secondary N) is 2. The summed E-state index contributed by atoms with van der Waals surface area (Å²) >= 11 is 0. The van der Waals surface area contributed by atoms with Gasteiger partial charge in [-0.3, -0.25) is 14.5 Å². The smallest absolute Gasteiger partial charge is 0.325 e. The zero-order valence-electron chi connectivity index (χ0n) is 11.5. The Morgan fingerprint density at radius 3 is 2.74 bits per heavy atom. The Morgan fingerprint density at radius 1 is 1.32 bits per heavy atom. The molecule has 2 aliphatic heterocycles. The van der Waals surface area contributed by atoms with Crippen LogP contribution in [0.5, 0.6) is 0 Å². The highest BCUT2D eigenvalue weighted by molar-refractivity contribution is 5.85. The number of piperidine rings is 1. The number of amides is 1. The van der Waals surface area contributed by atoms with Gasteiger partial charge in [-0.2, -0.15) is 0 Å². The molecule has 6 heteroatoms. The topological polar surface area (TPSA) is 70.7 Å². The molecule has 2 rings (SSSR count). The van der Waals surface area contributed by atoms with Crippen molar-refractivity contribution in [1.82, 2.24) is 15.5 Å². The number of ether oxygens (including phenoxy) is 1. The highest BCUT2D eigenvalue weighted by atomic mass is 16.5. The molecule has 1 amide bonds. The first-order valence-electron chi connectivity index (χ1n) is 7.03. The second-order valence-corrected chi connectivity index (χ2v) is 5.17. The highest BCUT2D eigenvalue weighted by Gasteiger charge is 2.35. The Labute approximate surface area is 113 Å². The lowest BCUT2D eigenvalue weighted by atomic mass is 10.0. The fourth-order valence-electron chi connectivity index (χ4n) is 3.00. The minimum absolute atomic E-state index is 0.0358. The van der Waals surface area contributed by atoms with Crippen LogP contribution in [0.25, 0.3) is 0 Å². The molecule has 2 saturated heterocycles. The van der Waals surface area contributed by atoms with Crippen LogP contribution in [0.1, 0.15) is 25.7 Å². The fraction of sp³-hybridized carbons (Fsp3) is 0.846. The Bertz CT molecular complexity index is 329. The maximum Gasteiger partial charge on any atom is 0.325 e. The highest BCUT2D eigenvalue weighted by Crippen LogP contribution is 2.24. The van der Waals surface area contributed by atoms with E-state index in [-0.39, 0.29) is 18.5 Å². The molecule has 1 atom stereocenters. The van der Waals surface area contributed by atoms with Gasteiger partial charge in [-0.15, -0.1) is 0 Å². The van der Waals surface area contributed by atoms with Gasteiger partial charge in [0.25, 0.3) is 0 Å². The average molecular weight is 269 g/mol. The first kappa shape index (κ1) is 14.3. The van der Waals surface area contributed by atoms with E-state index >= 15 is 0 Å². The molecule has 0 aromatic heterocycles. The lowest BCUT2D eigenvalue weighted by Gasteiger charge is -2.35. The molecule has 6 nitrogen and oxygen atoms in total. The van der Waals surface area contributed by atoms with Crippen LogP contribution in [0.3, 0.4) is 0 Å². The predicted molar refractivity (Wildman–Crippen MR) is 70.6 cm³/mol. The van der Waals surface area contributed by atoms with Crippen LogP contribution < -0.4 is 10.6 Å². The first-order chi connectivity index (χ1) is 9.22. The molecule has 0 bridgehead atoms. The number of nitrogens with zero attached hydrogens (tertiary/aromatic N) is 1. The van der Waals surface area contributed by atoms with Crippen molar-refractivity contribution in [2.45, 2.75) is 37.8 Å². The van der Waals surface area contributed by atoms with Crippen molar-refractivity contribution in [3.63, 3.8) is 0 Å². The molecule has 0 saturated carbocycles. The summed E-state index contributed by atoms with van der Waals surface area (Å²) in [7, 11) is 1.32. The SMILES string of the molecule is COC(=O)CNC(=O)C1CCCN1C1CCNCC1. The van der Waals surface area contributed by atoms with Crippen molar-refractivity contribution < 1.29 is 14.3 Å². The summed E-state index contributed by atoms with van der Waals surface area (Å²) in [6.07, 6.45) is 4.14. The minimum atomic E-state index is -0.403. The number of hydrogen-bond donors (Lipinski definition) is 2. The summed E-state index contributed by atoms with van der Waals surface area (Å²) in [5, 5.41) is 6.02. The van der Waals surface area contributed by atoms with Crippen LogP contribution in [0.4, 0.5) is 0 Å². The molecule has 2 aliphatic rings. The number of hydrogen-bond acceptors (Lipinski definition) is 5.